The topological polar surface area (TPSA) is 81.4 Å². The maximum absolute atomic E-state index is 4.21. The van der Waals surface area contributed by atoms with E-state index in [2.05, 4.69) is 62.2 Å². The lowest BCUT2D eigenvalue weighted by Crippen LogP contribution is -2.04. The molecule has 0 fully saturated rings. The molecule has 0 unspecified atom stereocenters. The maximum atomic E-state index is 4.21. The highest BCUT2D eigenvalue weighted by Crippen LogP contribution is 2.27. The molecule has 0 aliphatic carbocycles. The molecule has 9 heteroatoms. The quantitative estimate of drug-likeness (QED) is 0.587. The Hall–Kier alpha value is -2.00. The van der Waals surface area contributed by atoms with Gasteiger partial charge in [-0.05, 0) is 28.8 Å². The summed E-state index contributed by atoms with van der Waals surface area (Å²) in [4.78, 5) is 0. The van der Waals surface area contributed by atoms with Crippen LogP contribution in [0.1, 0.15) is 24.7 Å². The van der Waals surface area contributed by atoms with Crippen LogP contribution in [0.2, 0.25) is 0 Å². The van der Waals surface area contributed by atoms with Gasteiger partial charge in [-0.3, -0.25) is 0 Å². The van der Waals surface area contributed by atoms with Crippen LogP contribution in [-0.4, -0.2) is 36.9 Å². The highest BCUT2D eigenvalue weighted by atomic mass is 32.2. The predicted molar refractivity (Wildman–Crippen MR) is 96.2 cm³/mol. The Bertz CT molecular complexity index is 741. The Morgan fingerprint density at radius 2 is 2.04 bits per heavy atom. The van der Waals surface area contributed by atoms with Crippen molar-refractivity contribution < 1.29 is 0 Å². The zero-order valence-electron chi connectivity index (χ0n) is 13.4. The number of aromatic nitrogens is 6. The van der Waals surface area contributed by atoms with E-state index in [0.29, 0.717) is 5.75 Å². The van der Waals surface area contributed by atoms with Gasteiger partial charge in [0.05, 0.1) is 5.75 Å². The van der Waals surface area contributed by atoms with E-state index < -0.39 is 0 Å². The minimum Gasteiger partial charge on any atom is -0.360 e. The SMILES string of the molecule is CCCn1nnnc1CSc1nnc(NCCc2ccccc2)s1. The average molecular weight is 362 g/mol. The number of nitrogens with one attached hydrogen (secondary N) is 1. The molecule has 0 aliphatic heterocycles. The fraction of sp³-hybridized carbons (Fsp3) is 0.400. The standard InChI is InChI=1S/C15H19N7S2/c1-2-10-22-13(17-20-21-22)11-23-15-19-18-14(24-15)16-9-8-12-6-4-3-5-7-12/h3-7H,2,8-11H2,1H3,(H,16,18). The van der Waals surface area contributed by atoms with Crippen molar-refractivity contribution in [3.8, 4) is 0 Å². The number of thioether (sulfide) groups is 1. The van der Waals surface area contributed by atoms with E-state index in [1.807, 2.05) is 10.7 Å². The van der Waals surface area contributed by atoms with Crippen LogP contribution < -0.4 is 5.32 Å². The summed E-state index contributed by atoms with van der Waals surface area (Å²) in [5.41, 5.74) is 1.31. The Morgan fingerprint density at radius 1 is 1.17 bits per heavy atom. The molecule has 0 bridgehead atoms. The third-order valence-electron chi connectivity index (χ3n) is 3.31. The van der Waals surface area contributed by atoms with Crippen LogP contribution in [0, 0.1) is 0 Å². The summed E-state index contributed by atoms with van der Waals surface area (Å²) < 4.78 is 2.76. The van der Waals surface area contributed by atoms with Crippen molar-refractivity contribution in [2.75, 3.05) is 11.9 Å². The summed E-state index contributed by atoms with van der Waals surface area (Å²) in [6, 6.07) is 10.4. The Morgan fingerprint density at radius 3 is 2.88 bits per heavy atom. The van der Waals surface area contributed by atoms with Crippen LogP contribution in [0.25, 0.3) is 0 Å². The number of hydrogen-bond donors (Lipinski definition) is 1. The van der Waals surface area contributed by atoms with Gasteiger partial charge < -0.3 is 5.32 Å². The molecule has 0 spiro atoms. The largest absolute Gasteiger partial charge is 0.360 e. The first kappa shape index (κ1) is 16.8. The average Bonchev–Trinajstić information content (AvgIpc) is 3.24. The van der Waals surface area contributed by atoms with Gasteiger partial charge in [-0.2, -0.15) is 0 Å². The van der Waals surface area contributed by atoms with Crippen LogP contribution in [0.15, 0.2) is 34.7 Å². The molecule has 0 saturated heterocycles. The van der Waals surface area contributed by atoms with Crippen molar-refractivity contribution in [3.63, 3.8) is 0 Å². The van der Waals surface area contributed by atoms with E-state index >= 15 is 0 Å². The van der Waals surface area contributed by atoms with E-state index in [4.69, 9.17) is 0 Å². The van der Waals surface area contributed by atoms with Crippen LogP contribution in [0.3, 0.4) is 0 Å². The van der Waals surface area contributed by atoms with Crippen molar-refractivity contribution >= 4 is 28.2 Å². The van der Waals surface area contributed by atoms with E-state index in [9.17, 15) is 0 Å². The second-order valence-corrected chi connectivity index (χ2v) is 7.34. The molecule has 0 atom stereocenters. The number of nitrogens with zero attached hydrogens (tertiary/aromatic N) is 6. The zero-order valence-corrected chi connectivity index (χ0v) is 15.1. The van der Waals surface area contributed by atoms with Gasteiger partial charge >= 0.3 is 0 Å². The van der Waals surface area contributed by atoms with Gasteiger partial charge in [0.15, 0.2) is 10.2 Å². The molecule has 0 amide bonds. The first-order valence-corrected chi connectivity index (χ1v) is 9.64. The van der Waals surface area contributed by atoms with Crippen LogP contribution in [0.5, 0.6) is 0 Å². The minimum atomic E-state index is 0.700. The Labute approximate surface area is 148 Å². The van der Waals surface area contributed by atoms with Crippen LogP contribution >= 0.6 is 23.1 Å². The smallest absolute Gasteiger partial charge is 0.206 e. The molecule has 2 heterocycles. The van der Waals surface area contributed by atoms with Crippen molar-refractivity contribution in [3.05, 3.63) is 41.7 Å². The summed E-state index contributed by atoms with van der Waals surface area (Å²) >= 11 is 3.17. The fourth-order valence-corrected chi connectivity index (χ4v) is 3.85. The number of aryl methyl sites for hydroxylation is 1. The van der Waals surface area contributed by atoms with Gasteiger partial charge in [0, 0.05) is 13.1 Å². The first-order valence-electron chi connectivity index (χ1n) is 7.84. The number of benzene rings is 1. The van der Waals surface area contributed by atoms with Crippen LogP contribution in [0.4, 0.5) is 5.13 Å². The molecule has 24 heavy (non-hydrogen) atoms. The molecule has 1 N–H and O–H groups in total. The molecule has 3 rings (SSSR count). The molecule has 1 aromatic carbocycles. The number of tetrazole rings is 1. The highest BCUT2D eigenvalue weighted by molar-refractivity contribution is 8.00. The van der Waals surface area contributed by atoms with Crippen molar-refractivity contribution in [2.45, 2.75) is 36.4 Å². The number of hydrogen-bond acceptors (Lipinski definition) is 8. The van der Waals surface area contributed by atoms with E-state index in [1.54, 1.807) is 23.1 Å². The number of anilines is 1. The van der Waals surface area contributed by atoms with E-state index in [-0.39, 0.29) is 0 Å². The summed E-state index contributed by atoms with van der Waals surface area (Å²) in [5, 5.41) is 24.3. The molecule has 0 saturated carbocycles. The molecule has 7 nitrogen and oxygen atoms in total. The van der Waals surface area contributed by atoms with E-state index in [1.165, 1.54) is 5.56 Å². The lowest BCUT2D eigenvalue weighted by atomic mass is 10.2. The van der Waals surface area contributed by atoms with Crippen molar-refractivity contribution in [2.24, 2.45) is 0 Å². The van der Waals surface area contributed by atoms with Gasteiger partial charge in [-0.25, -0.2) is 4.68 Å². The lowest BCUT2D eigenvalue weighted by Gasteiger charge is -2.02. The normalized spacial score (nSPS) is 10.9. The summed E-state index contributed by atoms with van der Waals surface area (Å²) in [6.45, 7) is 3.79. The second-order valence-electron chi connectivity index (χ2n) is 5.14. The number of rotatable bonds is 9. The fourth-order valence-electron chi connectivity index (χ4n) is 2.14. The lowest BCUT2D eigenvalue weighted by molar-refractivity contribution is 0.564. The Kier molecular flexibility index (Phi) is 6.13. The van der Waals surface area contributed by atoms with E-state index in [0.717, 1.165) is 41.2 Å². The van der Waals surface area contributed by atoms with Crippen molar-refractivity contribution in [1.82, 2.24) is 30.4 Å². The Balaban J connectivity index is 1.46. The molecule has 0 radical (unpaired) electrons. The van der Waals surface area contributed by atoms with Crippen LogP contribution in [-0.2, 0) is 18.7 Å². The summed E-state index contributed by atoms with van der Waals surface area (Å²) in [7, 11) is 0. The maximum Gasteiger partial charge on any atom is 0.206 e. The molecule has 3 aromatic rings. The molecular weight excluding hydrogens is 342 g/mol. The second kappa shape index (κ2) is 8.74. The van der Waals surface area contributed by atoms with Gasteiger partial charge in [0.2, 0.25) is 5.13 Å². The molecule has 126 valence electrons. The van der Waals surface area contributed by atoms with Gasteiger partial charge in [0.25, 0.3) is 0 Å². The summed E-state index contributed by atoms with van der Waals surface area (Å²) in [5.74, 6) is 1.57. The minimum absolute atomic E-state index is 0.700. The highest BCUT2D eigenvalue weighted by Gasteiger charge is 2.09. The zero-order chi connectivity index (χ0) is 16.6. The molecule has 2 aromatic heterocycles. The van der Waals surface area contributed by atoms with Crippen molar-refractivity contribution in [1.29, 1.82) is 0 Å². The monoisotopic (exact) mass is 361 g/mol. The molecule has 0 aliphatic rings. The predicted octanol–water partition coefficient (Wildman–Crippen LogP) is 2.88. The first-order chi connectivity index (χ1) is 11.8. The third-order valence-corrected chi connectivity index (χ3v) is 5.32. The van der Waals surface area contributed by atoms with Gasteiger partial charge in [-0.15, -0.1) is 15.3 Å². The third kappa shape index (κ3) is 4.75. The summed E-state index contributed by atoms with van der Waals surface area (Å²) in [6.07, 6.45) is 1.98. The molecular formula is C15H19N7S2. The van der Waals surface area contributed by atoms with Gasteiger partial charge in [0.1, 0.15) is 0 Å². The van der Waals surface area contributed by atoms with Gasteiger partial charge in [-0.1, -0.05) is 60.4 Å².